The number of benzene rings is 2. The van der Waals surface area contributed by atoms with Crippen molar-refractivity contribution in [3.8, 4) is 24.2 Å². The first-order chi connectivity index (χ1) is 14.3. The van der Waals surface area contributed by atoms with Crippen molar-refractivity contribution in [1.29, 1.82) is 0 Å². The van der Waals surface area contributed by atoms with Crippen LogP contribution in [0.2, 0.25) is 0 Å². The molecule has 0 aliphatic rings. The third kappa shape index (κ3) is 8.92. The molecule has 0 amide bonds. The monoisotopic (exact) mass is 463 g/mol. The zero-order chi connectivity index (χ0) is 22.0. The van der Waals surface area contributed by atoms with Gasteiger partial charge < -0.3 is 5.32 Å². The molecular weight excluding hydrogens is 445 g/mol. The van der Waals surface area contributed by atoms with Gasteiger partial charge in [-0.2, -0.15) is 8.42 Å². The van der Waals surface area contributed by atoms with Gasteiger partial charge in [0.05, 0.1) is 13.2 Å². The average Bonchev–Trinajstić information content (AvgIpc) is 2.68. The molecule has 2 aromatic carbocycles. The van der Waals surface area contributed by atoms with E-state index in [4.69, 9.17) is 34.2 Å². The summed E-state index contributed by atoms with van der Waals surface area (Å²) in [4.78, 5) is -0.511. The van der Waals surface area contributed by atoms with Crippen LogP contribution >= 0.6 is 23.2 Å². The summed E-state index contributed by atoms with van der Waals surface area (Å²) in [6.07, 6.45) is 7.21. The largest absolute Gasteiger partial charge is 0.397 e. The highest BCUT2D eigenvalue weighted by Crippen LogP contribution is 2.18. The highest BCUT2D eigenvalue weighted by molar-refractivity contribution is 7.80. The number of alkyl halides is 2. The molecule has 8 heteroatoms. The molecule has 0 saturated carbocycles. The minimum atomic E-state index is -4.55. The lowest BCUT2D eigenvalue weighted by Gasteiger charge is -2.05. The van der Waals surface area contributed by atoms with E-state index in [9.17, 15) is 8.42 Å². The van der Waals surface area contributed by atoms with Gasteiger partial charge in [-0.1, -0.05) is 42.0 Å². The second-order valence-corrected chi connectivity index (χ2v) is 8.38. The molecule has 2 N–H and O–H groups in total. The number of nitrogens with one attached hydrogen (secondary N) is 1. The number of allylic oxidation sites excluding steroid dienone is 1. The molecular formula is C22H19Cl2NO4S. The fourth-order valence-electron chi connectivity index (χ4n) is 2.46. The number of anilines is 1. The fourth-order valence-corrected chi connectivity index (χ4v) is 3.06. The van der Waals surface area contributed by atoms with E-state index in [2.05, 4.69) is 27.3 Å². The van der Waals surface area contributed by atoms with Gasteiger partial charge in [-0.25, -0.2) is 4.18 Å². The van der Waals surface area contributed by atoms with Gasteiger partial charge in [0.2, 0.25) is 0 Å². The summed E-state index contributed by atoms with van der Waals surface area (Å²) in [5.41, 5.74) is 3.80. The highest BCUT2D eigenvalue weighted by Gasteiger charge is 2.05. The predicted octanol–water partition coefficient (Wildman–Crippen LogP) is 4.33. The summed E-state index contributed by atoms with van der Waals surface area (Å²) in [5.74, 6) is 8.55. The summed E-state index contributed by atoms with van der Waals surface area (Å²) in [6, 6.07) is 14.8. The first-order valence-corrected chi connectivity index (χ1v) is 11.0. The van der Waals surface area contributed by atoms with Crippen molar-refractivity contribution in [3.05, 3.63) is 71.3 Å². The second-order valence-electron chi connectivity index (χ2n) is 6.01. The van der Waals surface area contributed by atoms with Crippen molar-refractivity contribution < 1.29 is 17.2 Å². The van der Waals surface area contributed by atoms with Crippen LogP contribution in [-0.4, -0.2) is 31.0 Å². The zero-order valence-corrected chi connectivity index (χ0v) is 18.1. The maximum atomic E-state index is 10.8. The smallest absolute Gasteiger partial charge is 0.374 e. The van der Waals surface area contributed by atoms with Crippen molar-refractivity contribution in [2.45, 2.75) is 11.3 Å². The minimum Gasteiger partial charge on any atom is -0.374 e. The van der Waals surface area contributed by atoms with Gasteiger partial charge in [0.1, 0.15) is 4.84 Å². The first kappa shape index (κ1) is 23.8. The van der Waals surface area contributed by atoms with Gasteiger partial charge in [0.15, 0.2) is 0 Å². The van der Waals surface area contributed by atoms with Crippen LogP contribution in [0.5, 0.6) is 0 Å². The van der Waals surface area contributed by atoms with Gasteiger partial charge in [0.25, 0.3) is 0 Å². The van der Waals surface area contributed by atoms with Crippen LogP contribution in [0.4, 0.5) is 5.69 Å². The molecule has 0 unspecified atom stereocenters. The third-order valence-corrected chi connectivity index (χ3v) is 4.50. The van der Waals surface area contributed by atoms with Gasteiger partial charge in [-0.05, 0) is 41.5 Å². The van der Waals surface area contributed by atoms with Crippen LogP contribution < -0.4 is 5.32 Å². The molecule has 0 aliphatic carbocycles. The Kier molecular flexibility index (Phi) is 9.26. The number of hydrogen-bond acceptors (Lipinski definition) is 4. The molecule has 0 aromatic heterocycles. The molecule has 0 saturated heterocycles. The van der Waals surface area contributed by atoms with E-state index in [0.717, 1.165) is 22.4 Å². The maximum Gasteiger partial charge on any atom is 0.397 e. The standard InChI is InChI=1S/C22H19Cl2NO4S/c1-2-13-25-21-10-8-19(9-11-21)20(12-14-29-30(26,27)28)7-6-17-4-3-5-18(15-17)16-22(23)24/h1,3-5,8-12,15,22,25H,13-14,16H2,(H,26,27,28). The van der Waals surface area contributed by atoms with Crippen LogP contribution in [0.3, 0.4) is 0 Å². The van der Waals surface area contributed by atoms with Gasteiger partial charge >= 0.3 is 10.4 Å². The Labute approximate surface area is 187 Å². The van der Waals surface area contributed by atoms with E-state index in [1.807, 2.05) is 48.5 Å². The molecule has 0 radical (unpaired) electrons. The Bertz CT molecular complexity index is 1090. The molecule has 0 fully saturated rings. The number of hydrogen-bond donors (Lipinski definition) is 2. The number of rotatable bonds is 8. The van der Waals surface area contributed by atoms with E-state index >= 15 is 0 Å². The van der Waals surface area contributed by atoms with Crippen LogP contribution in [0.15, 0.2) is 54.6 Å². The molecule has 0 aliphatic heterocycles. The van der Waals surface area contributed by atoms with Crippen molar-refractivity contribution >= 4 is 44.9 Å². The van der Waals surface area contributed by atoms with Crippen molar-refractivity contribution in [1.82, 2.24) is 0 Å². The van der Waals surface area contributed by atoms with E-state index in [0.29, 0.717) is 18.5 Å². The fraction of sp³-hybridized carbons (Fsp3) is 0.182. The van der Waals surface area contributed by atoms with Gasteiger partial charge in [-0.15, -0.1) is 29.6 Å². The maximum absolute atomic E-state index is 10.8. The summed E-state index contributed by atoms with van der Waals surface area (Å²) in [5, 5.41) is 3.05. The van der Waals surface area contributed by atoms with Crippen LogP contribution in [-0.2, 0) is 21.0 Å². The first-order valence-electron chi connectivity index (χ1n) is 8.75. The van der Waals surface area contributed by atoms with Crippen molar-refractivity contribution in [2.75, 3.05) is 18.5 Å². The van der Waals surface area contributed by atoms with Crippen LogP contribution in [0, 0.1) is 24.2 Å². The second kappa shape index (κ2) is 11.7. The summed E-state index contributed by atoms with van der Waals surface area (Å²) >= 11 is 11.7. The van der Waals surface area contributed by atoms with Gasteiger partial charge in [0, 0.05) is 23.2 Å². The molecule has 156 valence electrons. The topological polar surface area (TPSA) is 75.6 Å². The van der Waals surface area contributed by atoms with Crippen LogP contribution in [0.25, 0.3) is 5.57 Å². The Hall–Kier alpha value is -2.45. The highest BCUT2D eigenvalue weighted by atomic mass is 35.5. The predicted molar refractivity (Wildman–Crippen MR) is 122 cm³/mol. The lowest BCUT2D eigenvalue weighted by atomic mass is 10.0. The zero-order valence-electron chi connectivity index (χ0n) is 15.8. The minimum absolute atomic E-state index is 0.361. The lowest BCUT2D eigenvalue weighted by molar-refractivity contribution is 0.296. The molecule has 0 spiro atoms. The van der Waals surface area contributed by atoms with E-state index in [-0.39, 0.29) is 6.61 Å². The average molecular weight is 464 g/mol. The Morgan fingerprint density at radius 2 is 1.97 bits per heavy atom. The van der Waals surface area contributed by atoms with Crippen LogP contribution in [0.1, 0.15) is 16.7 Å². The number of terminal acetylenes is 1. The number of halogens is 2. The van der Waals surface area contributed by atoms with E-state index < -0.39 is 15.2 Å². The third-order valence-electron chi connectivity index (χ3n) is 3.75. The SMILES string of the molecule is C#CCNc1ccc(C(C#Cc2cccc(CC(Cl)Cl)c2)=CCOS(=O)(=O)O)cc1. The van der Waals surface area contributed by atoms with Gasteiger partial charge in [-0.3, -0.25) is 4.55 Å². The molecule has 2 rings (SSSR count). The normalized spacial score (nSPS) is 11.5. The molecule has 30 heavy (non-hydrogen) atoms. The summed E-state index contributed by atoms with van der Waals surface area (Å²) in [7, 11) is -4.55. The molecule has 0 bridgehead atoms. The molecule has 5 nitrogen and oxygen atoms in total. The Morgan fingerprint density at radius 1 is 1.23 bits per heavy atom. The van der Waals surface area contributed by atoms with E-state index in [1.54, 1.807) is 0 Å². The van der Waals surface area contributed by atoms with E-state index in [1.165, 1.54) is 6.08 Å². The van der Waals surface area contributed by atoms with Crippen molar-refractivity contribution in [2.24, 2.45) is 0 Å². The Balaban J connectivity index is 2.30. The quantitative estimate of drug-likeness (QED) is 0.346. The summed E-state index contributed by atoms with van der Waals surface area (Å²) in [6.45, 7) is 0.0337. The lowest BCUT2D eigenvalue weighted by Crippen LogP contribution is -2.03. The summed E-state index contributed by atoms with van der Waals surface area (Å²) < 4.78 is 34.8. The van der Waals surface area contributed by atoms with Crippen molar-refractivity contribution in [3.63, 3.8) is 0 Å². The Morgan fingerprint density at radius 3 is 2.60 bits per heavy atom. The molecule has 2 aromatic rings. The molecule has 0 heterocycles. The molecule has 0 atom stereocenters.